The minimum atomic E-state index is 0.208. The van der Waals surface area contributed by atoms with E-state index in [9.17, 15) is 4.79 Å². The maximum absolute atomic E-state index is 12.2. The molecule has 0 aromatic rings. The standard InChI is InChI=1S/C12H20BrNO/c1-3-8(2)12(15)14-10-4-5-11(14)7-9(13)6-10/h8-11H,3-7H2,1-2H3. The SMILES string of the molecule is CCC(C)C(=O)N1C2CCC1CC(Br)C2. The molecule has 0 N–H and O–H groups in total. The lowest BCUT2D eigenvalue weighted by atomic mass is 9.99. The molecular weight excluding hydrogens is 254 g/mol. The third kappa shape index (κ3) is 2.08. The van der Waals surface area contributed by atoms with Crippen molar-refractivity contribution < 1.29 is 4.79 Å². The van der Waals surface area contributed by atoms with Crippen molar-refractivity contribution in [3.63, 3.8) is 0 Å². The molecule has 2 heterocycles. The summed E-state index contributed by atoms with van der Waals surface area (Å²) in [4.78, 5) is 15.0. The fourth-order valence-electron chi connectivity index (χ4n) is 2.90. The summed E-state index contributed by atoms with van der Waals surface area (Å²) in [5.74, 6) is 0.601. The monoisotopic (exact) mass is 273 g/mol. The van der Waals surface area contributed by atoms with Gasteiger partial charge in [-0.1, -0.05) is 29.8 Å². The van der Waals surface area contributed by atoms with Gasteiger partial charge in [-0.2, -0.15) is 0 Å². The van der Waals surface area contributed by atoms with Crippen molar-refractivity contribution in [2.45, 2.75) is 62.9 Å². The molecule has 0 aliphatic carbocycles. The van der Waals surface area contributed by atoms with Crippen LogP contribution in [0.15, 0.2) is 0 Å². The molecule has 1 amide bonds. The molecule has 0 saturated carbocycles. The van der Waals surface area contributed by atoms with Gasteiger partial charge >= 0.3 is 0 Å². The number of alkyl halides is 1. The van der Waals surface area contributed by atoms with E-state index in [1.807, 2.05) is 0 Å². The Hall–Kier alpha value is -0.0500. The van der Waals surface area contributed by atoms with Crippen molar-refractivity contribution >= 4 is 21.8 Å². The summed E-state index contributed by atoms with van der Waals surface area (Å²) >= 11 is 3.70. The summed E-state index contributed by atoms with van der Waals surface area (Å²) < 4.78 is 0. The number of amides is 1. The Kier molecular flexibility index (Phi) is 3.39. The Morgan fingerprint density at radius 2 is 1.93 bits per heavy atom. The molecule has 2 aliphatic heterocycles. The summed E-state index contributed by atoms with van der Waals surface area (Å²) in [6.45, 7) is 4.16. The van der Waals surface area contributed by atoms with E-state index in [4.69, 9.17) is 0 Å². The normalized spacial score (nSPS) is 36.7. The molecule has 3 atom stereocenters. The lowest BCUT2D eigenvalue weighted by molar-refractivity contribution is -0.139. The molecule has 0 radical (unpaired) electrons. The molecule has 2 saturated heterocycles. The number of rotatable bonds is 2. The molecular formula is C12H20BrNO. The van der Waals surface area contributed by atoms with Crippen LogP contribution in [0, 0.1) is 5.92 Å². The highest BCUT2D eigenvalue weighted by atomic mass is 79.9. The number of nitrogens with zero attached hydrogens (tertiary/aromatic N) is 1. The summed E-state index contributed by atoms with van der Waals surface area (Å²) in [7, 11) is 0. The largest absolute Gasteiger partial charge is 0.336 e. The van der Waals surface area contributed by atoms with Crippen molar-refractivity contribution in [2.24, 2.45) is 5.92 Å². The second kappa shape index (κ2) is 4.44. The Balaban J connectivity index is 2.08. The Bertz CT molecular complexity index is 242. The summed E-state index contributed by atoms with van der Waals surface area (Å²) in [5, 5.41) is 0. The van der Waals surface area contributed by atoms with Gasteiger partial charge in [0.25, 0.3) is 0 Å². The first-order valence-corrected chi connectivity index (χ1v) is 7.01. The van der Waals surface area contributed by atoms with Crippen LogP contribution in [0.5, 0.6) is 0 Å². The van der Waals surface area contributed by atoms with Gasteiger partial charge in [0.2, 0.25) is 5.91 Å². The van der Waals surface area contributed by atoms with Crippen LogP contribution in [0.3, 0.4) is 0 Å². The van der Waals surface area contributed by atoms with E-state index in [1.165, 1.54) is 12.8 Å². The van der Waals surface area contributed by atoms with Crippen LogP contribution in [-0.4, -0.2) is 27.7 Å². The van der Waals surface area contributed by atoms with Gasteiger partial charge in [0.1, 0.15) is 0 Å². The van der Waals surface area contributed by atoms with E-state index in [-0.39, 0.29) is 5.92 Å². The summed E-state index contributed by atoms with van der Waals surface area (Å²) in [6, 6.07) is 1.05. The minimum Gasteiger partial charge on any atom is -0.336 e. The first-order chi connectivity index (χ1) is 7.13. The Morgan fingerprint density at radius 1 is 1.40 bits per heavy atom. The highest BCUT2D eigenvalue weighted by Crippen LogP contribution is 2.39. The van der Waals surface area contributed by atoms with E-state index >= 15 is 0 Å². The average Bonchev–Trinajstić information content (AvgIpc) is 2.49. The molecule has 15 heavy (non-hydrogen) atoms. The molecule has 2 aliphatic rings. The predicted molar refractivity (Wildman–Crippen MR) is 65.1 cm³/mol. The number of hydrogen-bond acceptors (Lipinski definition) is 1. The number of halogens is 1. The zero-order valence-corrected chi connectivity index (χ0v) is 11.2. The number of hydrogen-bond donors (Lipinski definition) is 0. The van der Waals surface area contributed by atoms with Crippen LogP contribution in [0.2, 0.25) is 0 Å². The fourth-order valence-corrected chi connectivity index (χ4v) is 3.76. The minimum absolute atomic E-state index is 0.208. The van der Waals surface area contributed by atoms with Gasteiger partial charge in [-0.05, 0) is 32.1 Å². The zero-order valence-electron chi connectivity index (χ0n) is 9.58. The topological polar surface area (TPSA) is 20.3 Å². The van der Waals surface area contributed by atoms with E-state index in [0.29, 0.717) is 22.8 Å². The third-order valence-corrected chi connectivity index (χ3v) is 4.71. The molecule has 86 valence electrons. The van der Waals surface area contributed by atoms with Gasteiger partial charge in [0.15, 0.2) is 0 Å². The first kappa shape index (κ1) is 11.4. The fraction of sp³-hybridized carbons (Fsp3) is 0.917. The quantitative estimate of drug-likeness (QED) is 0.709. The Morgan fingerprint density at radius 3 is 2.40 bits per heavy atom. The number of fused-ring (bicyclic) bond motifs is 2. The lowest BCUT2D eigenvalue weighted by Crippen LogP contribution is -2.48. The van der Waals surface area contributed by atoms with Gasteiger partial charge in [0, 0.05) is 22.8 Å². The molecule has 0 aromatic carbocycles. The first-order valence-electron chi connectivity index (χ1n) is 6.09. The molecule has 2 bridgehead atoms. The van der Waals surface area contributed by atoms with Crippen LogP contribution < -0.4 is 0 Å². The average molecular weight is 274 g/mol. The number of carbonyl (C=O) groups excluding carboxylic acids is 1. The predicted octanol–water partition coefficient (Wildman–Crippen LogP) is 2.95. The van der Waals surface area contributed by atoms with Gasteiger partial charge in [-0.15, -0.1) is 0 Å². The maximum Gasteiger partial charge on any atom is 0.225 e. The van der Waals surface area contributed by atoms with Crippen molar-refractivity contribution in [1.82, 2.24) is 4.90 Å². The van der Waals surface area contributed by atoms with Gasteiger partial charge < -0.3 is 4.90 Å². The highest BCUT2D eigenvalue weighted by Gasteiger charge is 2.43. The maximum atomic E-state index is 12.2. The van der Waals surface area contributed by atoms with Crippen LogP contribution in [0.25, 0.3) is 0 Å². The van der Waals surface area contributed by atoms with E-state index in [0.717, 1.165) is 19.3 Å². The van der Waals surface area contributed by atoms with E-state index < -0.39 is 0 Å². The van der Waals surface area contributed by atoms with Gasteiger partial charge in [0.05, 0.1) is 0 Å². The zero-order chi connectivity index (χ0) is 11.0. The smallest absolute Gasteiger partial charge is 0.225 e. The summed E-state index contributed by atoms with van der Waals surface area (Å²) in [6.07, 6.45) is 5.70. The van der Waals surface area contributed by atoms with E-state index in [2.05, 4.69) is 34.7 Å². The molecule has 0 aromatic heterocycles. The van der Waals surface area contributed by atoms with Crippen molar-refractivity contribution in [3.05, 3.63) is 0 Å². The van der Waals surface area contributed by atoms with Crippen LogP contribution in [-0.2, 0) is 4.79 Å². The number of piperidine rings is 1. The van der Waals surface area contributed by atoms with Crippen molar-refractivity contribution in [1.29, 1.82) is 0 Å². The van der Waals surface area contributed by atoms with Crippen LogP contribution in [0.4, 0.5) is 0 Å². The molecule has 3 heteroatoms. The third-order valence-electron chi connectivity index (χ3n) is 3.96. The number of carbonyl (C=O) groups is 1. The Labute approximate surface area is 101 Å². The highest BCUT2D eigenvalue weighted by molar-refractivity contribution is 9.09. The molecule has 2 nitrogen and oxygen atoms in total. The van der Waals surface area contributed by atoms with E-state index in [1.54, 1.807) is 0 Å². The van der Waals surface area contributed by atoms with Crippen LogP contribution in [0.1, 0.15) is 46.0 Å². The summed E-state index contributed by atoms with van der Waals surface area (Å²) in [5.41, 5.74) is 0. The van der Waals surface area contributed by atoms with Gasteiger partial charge in [-0.3, -0.25) is 4.79 Å². The molecule has 3 unspecified atom stereocenters. The molecule has 2 rings (SSSR count). The van der Waals surface area contributed by atoms with Crippen molar-refractivity contribution in [2.75, 3.05) is 0 Å². The second-order valence-corrected chi connectivity index (χ2v) is 6.30. The second-order valence-electron chi connectivity index (χ2n) is 5.01. The lowest BCUT2D eigenvalue weighted by Gasteiger charge is -2.38. The van der Waals surface area contributed by atoms with Crippen molar-refractivity contribution in [3.8, 4) is 0 Å². The molecule has 2 fully saturated rings. The molecule has 0 spiro atoms. The van der Waals surface area contributed by atoms with Gasteiger partial charge in [-0.25, -0.2) is 0 Å². The van der Waals surface area contributed by atoms with Crippen LogP contribution >= 0.6 is 15.9 Å².